The van der Waals surface area contributed by atoms with E-state index in [0.29, 0.717) is 11.1 Å². The van der Waals surface area contributed by atoms with Crippen LogP contribution in [0.15, 0.2) is 18.2 Å². The number of hydrogen-bond acceptors (Lipinski definition) is 2. The SMILES string of the molecule is CCC1CCCN1c1ccc(C(C)O)c(Cl)c1. The zero-order valence-electron chi connectivity index (χ0n) is 10.5. The zero-order chi connectivity index (χ0) is 12.4. The van der Waals surface area contributed by atoms with Crippen LogP contribution in [-0.4, -0.2) is 17.7 Å². The summed E-state index contributed by atoms with van der Waals surface area (Å²) in [6.45, 7) is 5.09. The van der Waals surface area contributed by atoms with Gasteiger partial charge in [-0.05, 0) is 43.9 Å². The number of aliphatic hydroxyl groups is 1. The Morgan fingerprint density at radius 1 is 1.53 bits per heavy atom. The molecule has 0 aromatic heterocycles. The van der Waals surface area contributed by atoms with Crippen LogP contribution in [0.2, 0.25) is 5.02 Å². The number of aliphatic hydroxyl groups excluding tert-OH is 1. The molecule has 3 heteroatoms. The smallest absolute Gasteiger partial charge is 0.0776 e. The lowest BCUT2D eigenvalue weighted by Gasteiger charge is -2.26. The molecule has 0 aliphatic carbocycles. The van der Waals surface area contributed by atoms with E-state index in [0.717, 1.165) is 12.1 Å². The van der Waals surface area contributed by atoms with Crippen molar-refractivity contribution in [3.63, 3.8) is 0 Å². The number of anilines is 1. The molecule has 1 aliphatic rings. The van der Waals surface area contributed by atoms with Gasteiger partial charge in [0.05, 0.1) is 6.10 Å². The van der Waals surface area contributed by atoms with E-state index in [2.05, 4.69) is 17.9 Å². The van der Waals surface area contributed by atoms with Gasteiger partial charge in [0.25, 0.3) is 0 Å². The number of rotatable bonds is 3. The standard InChI is InChI=1S/C14H20ClNO/c1-3-11-5-4-8-16(11)12-6-7-13(10(2)17)14(15)9-12/h6-7,9-11,17H,3-5,8H2,1-2H3. The van der Waals surface area contributed by atoms with Gasteiger partial charge in [0.2, 0.25) is 0 Å². The van der Waals surface area contributed by atoms with Crippen molar-refractivity contribution in [2.45, 2.75) is 45.3 Å². The highest BCUT2D eigenvalue weighted by Crippen LogP contribution is 2.32. The third-order valence-corrected chi connectivity index (χ3v) is 3.94. The fourth-order valence-electron chi connectivity index (χ4n) is 2.63. The molecule has 1 saturated heterocycles. The molecule has 0 saturated carbocycles. The van der Waals surface area contributed by atoms with Gasteiger partial charge in [-0.15, -0.1) is 0 Å². The molecular formula is C14H20ClNO. The number of halogens is 1. The minimum Gasteiger partial charge on any atom is -0.389 e. The number of hydrogen-bond donors (Lipinski definition) is 1. The normalized spacial score (nSPS) is 21.9. The van der Waals surface area contributed by atoms with Gasteiger partial charge >= 0.3 is 0 Å². The number of nitrogens with zero attached hydrogens (tertiary/aromatic N) is 1. The molecule has 1 N–H and O–H groups in total. The highest BCUT2D eigenvalue weighted by molar-refractivity contribution is 6.31. The van der Waals surface area contributed by atoms with Crippen molar-refractivity contribution in [1.82, 2.24) is 0 Å². The summed E-state index contributed by atoms with van der Waals surface area (Å²) in [4.78, 5) is 2.43. The minimum atomic E-state index is -0.503. The third kappa shape index (κ3) is 2.58. The molecule has 0 amide bonds. The Labute approximate surface area is 108 Å². The first-order valence-corrected chi connectivity index (χ1v) is 6.75. The molecule has 2 rings (SSSR count). The van der Waals surface area contributed by atoms with Crippen molar-refractivity contribution >= 4 is 17.3 Å². The molecule has 2 unspecified atom stereocenters. The van der Waals surface area contributed by atoms with E-state index in [1.807, 2.05) is 12.1 Å². The Kier molecular flexibility index (Phi) is 3.95. The van der Waals surface area contributed by atoms with E-state index in [1.54, 1.807) is 6.92 Å². The summed E-state index contributed by atoms with van der Waals surface area (Å²) < 4.78 is 0. The van der Waals surface area contributed by atoms with E-state index in [-0.39, 0.29) is 0 Å². The average molecular weight is 254 g/mol. The van der Waals surface area contributed by atoms with Crippen LogP contribution in [0.25, 0.3) is 0 Å². The predicted octanol–water partition coefficient (Wildman–Crippen LogP) is 3.77. The minimum absolute atomic E-state index is 0.503. The highest BCUT2D eigenvalue weighted by atomic mass is 35.5. The van der Waals surface area contributed by atoms with Crippen molar-refractivity contribution in [1.29, 1.82) is 0 Å². The third-order valence-electron chi connectivity index (χ3n) is 3.61. The van der Waals surface area contributed by atoms with Crippen LogP contribution in [0.1, 0.15) is 44.8 Å². The Morgan fingerprint density at radius 2 is 2.29 bits per heavy atom. The largest absolute Gasteiger partial charge is 0.389 e. The molecule has 1 aliphatic heterocycles. The van der Waals surface area contributed by atoms with Crippen LogP contribution in [0.5, 0.6) is 0 Å². The molecule has 2 atom stereocenters. The summed E-state index contributed by atoms with van der Waals surface area (Å²) in [5, 5.41) is 10.2. The second kappa shape index (κ2) is 5.28. The molecule has 1 fully saturated rings. The zero-order valence-corrected chi connectivity index (χ0v) is 11.2. The highest BCUT2D eigenvalue weighted by Gasteiger charge is 2.23. The van der Waals surface area contributed by atoms with Gasteiger partial charge in [-0.2, -0.15) is 0 Å². The lowest BCUT2D eigenvalue weighted by atomic mass is 10.1. The second-order valence-electron chi connectivity index (χ2n) is 4.78. The van der Waals surface area contributed by atoms with Crippen LogP contribution in [0, 0.1) is 0 Å². The van der Waals surface area contributed by atoms with Crippen molar-refractivity contribution in [2.75, 3.05) is 11.4 Å². The summed E-state index contributed by atoms with van der Waals surface area (Å²) in [6.07, 6.45) is 3.20. The molecule has 1 heterocycles. The molecule has 0 bridgehead atoms. The van der Waals surface area contributed by atoms with Gasteiger partial charge in [0.15, 0.2) is 0 Å². The first-order chi connectivity index (χ1) is 8.13. The summed E-state index contributed by atoms with van der Waals surface area (Å²) >= 11 is 6.21. The topological polar surface area (TPSA) is 23.5 Å². The fraction of sp³-hybridized carbons (Fsp3) is 0.571. The van der Waals surface area contributed by atoms with Gasteiger partial charge in [-0.25, -0.2) is 0 Å². The molecular weight excluding hydrogens is 234 g/mol. The Bertz CT molecular complexity index is 392. The molecule has 1 aromatic rings. The first-order valence-electron chi connectivity index (χ1n) is 6.37. The summed E-state index contributed by atoms with van der Waals surface area (Å²) in [7, 11) is 0. The molecule has 2 nitrogen and oxygen atoms in total. The molecule has 94 valence electrons. The van der Waals surface area contributed by atoms with Gasteiger partial charge < -0.3 is 10.0 Å². The van der Waals surface area contributed by atoms with Crippen molar-refractivity contribution < 1.29 is 5.11 Å². The Balaban J connectivity index is 2.25. The van der Waals surface area contributed by atoms with Gasteiger partial charge in [0, 0.05) is 23.3 Å². The summed E-state index contributed by atoms with van der Waals surface area (Å²) in [5.41, 5.74) is 1.99. The summed E-state index contributed by atoms with van der Waals surface area (Å²) in [5.74, 6) is 0. The van der Waals surface area contributed by atoms with Gasteiger partial charge in [0.1, 0.15) is 0 Å². The lowest BCUT2D eigenvalue weighted by molar-refractivity contribution is 0.199. The van der Waals surface area contributed by atoms with E-state index >= 15 is 0 Å². The van der Waals surface area contributed by atoms with Crippen LogP contribution in [0.4, 0.5) is 5.69 Å². The van der Waals surface area contributed by atoms with Crippen molar-refractivity contribution in [3.8, 4) is 0 Å². The Hall–Kier alpha value is -0.730. The van der Waals surface area contributed by atoms with Gasteiger partial charge in [-0.1, -0.05) is 24.6 Å². The van der Waals surface area contributed by atoms with Crippen LogP contribution in [0.3, 0.4) is 0 Å². The second-order valence-corrected chi connectivity index (χ2v) is 5.19. The van der Waals surface area contributed by atoms with E-state index in [4.69, 9.17) is 11.6 Å². The number of benzene rings is 1. The van der Waals surface area contributed by atoms with Crippen LogP contribution < -0.4 is 4.90 Å². The predicted molar refractivity (Wildman–Crippen MR) is 72.7 cm³/mol. The van der Waals surface area contributed by atoms with Crippen LogP contribution in [-0.2, 0) is 0 Å². The van der Waals surface area contributed by atoms with Crippen molar-refractivity contribution in [2.24, 2.45) is 0 Å². The maximum Gasteiger partial charge on any atom is 0.0776 e. The molecule has 0 radical (unpaired) electrons. The maximum atomic E-state index is 9.56. The fourth-order valence-corrected chi connectivity index (χ4v) is 2.97. The molecule has 1 aromatic carbocycles. The van der Waals surface area contributed by atoms with Crippen molar-refractivity contribution in [3.05, 3.63) is 28.8 Å². The molecule has 17 heavy (non-hydrogen) atoms. The molecule has 0 spiro atoms. The average Bonchev–Trinajstić information content (AvgIpc) is 2.76. The van der Waals surface area contributed by atoms with Gasteiger partial charge in [-0.3, -0.25) is 0 Å². The quantitative estimate of drug-likeness (QED) is 0.886. The monoisotopic (exact) mass is 253 g/mol. The summed E-state index contributed by atoms with van der Waals surface area (Å²) in [6, 6.07) is 6.64. The Morgan fingerprint density at radius 3 is 2.88 bits per heavy atom. The first kappa shape index (κ1) is 12.7. The van der Waals surface area contributed by atoms with E-state index in [9.17, 15) is 5.11 Å². The maximum absolute atomic E-state index is 9.56. The van der Waals surface area contributed by atoms with E-state index in [1.165, 1.54) is 24.9 Å². The van der Waals surface area contributed by atoms with Crippen LogP contribution >= 0.6 is 11.6 Å². The lowest BCUT2D eigenvalue weighted by Crippen LogP contribution is -2.28. The van der Waals surface area contributed by atoms with E-state index < -0.39 is 6.10 Å².